The molecule has 0 radical (unpaired) electrons. The van der Waals surface area contributed by atoms with Gasteiger partial charge in [0.15, 0.2) is 5.82 Å². The molecule has 5 rings (SSSR count). The van der Waals surface area contributed by atoms with Gasteiger partial charge >= 0.3 is 0 Å². The molecule has 1 aliphatic carbocycles. The summed E-state index contributed by atoms with van der Waals surface area (Å²) in [6.07, 6.45) is 1.73. The minimum Gasteiger partial charge on any atom is -0.484 e. The van der Waals surface area contributed by atoms with Crippen molar-refractivity contribution in [2.45, 2.75) is 24.3 Å². The number of thioether (sulfide) groups is 1. The predicted octanol–water partition coefficient (Wildman–Crippen LogP) is 4.84. The molecule has 2 heterocycles. The van der Waals surface area contributed by atoms with Gasteiger partial charge in [-0.15, -0.1) is 11.8 Å². The number of amides is 1. The monoisotopic (exact) mass is 478 g/mol. The zero-order valence-electron chi connectivity index (χ0n) is 15.6. The highest BCUT2D eigenvalue weighted by Crippen LogP contribution is 2.52. The van der Waals surface area contributed by atoms with Crippen molar-refractivity contribution < 1.29 is 9.53 Å². The Bertz CT molecular complexity index is 1210. The molecule has 2 aliphatic rings. The second kappa shape index (κ2) is 7.60. The lowest BCUT2D eigenvalue weighted by Gasteiger charge is -2.35. The van der Waals surface area contributed by atoms with E-state index in [0.717, 1.165) is 18.4 Å². The lowest BCUT2D eigenvalue weighted by molar-refractivity contribution is -0.118. The molecule has 10 heteroatoms. The third-order valence-corrected chi connectivity index (χ3v) is 7.61. The van der Waals surface area contributed by atoms with Crippen molar-refractivity contribution in [3.8, 4) is 5.75 Å². The number of ether oxygens (including phenoxy) is 1. The second-order valence-electron chi connectivity index (χ2n) is 7.06. The van der Waals surface area contributed by atoms with Gasteiger partial charge < -0.3 is 4.74 Å². The highest BCUT2D eigenvalue weighted by atomic mass is 35.5. The summed E-state index contributed by atoms with van der Waals surface area (Å²) < 4.78 is 7.88. The van der Waals surface area contributed by atoms with Crippen molar-refractivity contribution in [3.05, 3.63) is 74.2 Å². The van der Waals surface area contributed by atoms with Crippen molar-refractivity contribution >= 4 is 53.1 Å². The molecule has 1 aromatic heterocycles. The Hall–Kier alpha value is -2.00. The first-order valence-electron chi connectivity index (χ1n) is 9.29. The highest BCUT2D eigenvalue weighted by molar-refractivity contribution is 8.01. The van der Waals surface area contributed by atoms with E-state index in [1.54, 1.807) is 39.6 Å². The first-order valence-corrected chi connectivity index (χ1v) is 11.4. The van der Waals surface area contributed by atoms with E-state index in [2.05, 4.69) is 22.3 Å². The number of hydrogen-bond donors (Lipinski definition) is 1. The number of carbonyl (C=O) groups is 1. The fourth-order valence-corrected chi connectivity index (χ4v) is 6.15. The van der Waals surface area contributed by atoms with Crippen LogP contribution in [0, 0.1) is 4.77 Å². The number of aromatic nitrogens is 3. The molecule has 1 atom stereocenters. The molecular formula is C20H16Cl2N4O2S2. The molecule has 30 heavy (non-hydrogen) atoms. The molecule has 1 unspecified atom stereocenters. The minimum atomic E-state index is -0.498. The maximum absolute atomic E-state index is 13.0. The number of rotatable bonds is 4. The summed E-state index contributed by atoms with van der Waals surface area (Å²) in [5.41, 5.74) is 2.40. The number of aromatic amines is 1. The summed E-state index contributed by atoms with van der Waals surface area (Å²) >= 11 is 19.3. The number of fused-ring (bicyclic) bond motifs is 2. The highest BCUT2D eigenvalue weighted by Gasteiger charge is 2.53. The van der Waals surface area contributed by atoms with Crippen LogP contribution in [-0.2, 0) is 22.7 Å². The Morgan fingerprint density at radius 2 is 2.10 bits per heavy atom. The number of nitrogens with one attached hydrogen (secondary N) is 1. The summed E-state index contributed by atoms with van der Waals surface area (Å²) in [4.78, 5) is 12.5. The van der Waals surface area contributed by atoms with Crippen LogP contribution in [0.4, 0.5) is 0 Å². The van der Waals surface area contributed by atoms with Crippen LogP contribution < -0.4 is 9.75 Å². The maximum Gasteiger partial charge on any atom is 0.253 e. The first-order chi connectivity index (χ1) is 14.5. The number of hydrogen-bond acceptors (Lipinski definition) is 5. The van der Waals surface area contributed by atoms with E-state index >= 15 is 0 Å². The minimum absolute atomic E-state index is 0.0139. The normalized spacial score (nSPS) is 20.2. The summed E-state index contributed by atoms with van der Waals surface area (Å²) in [5, 5.41) is 9.79. The van der Waals surface area contributed by atoms with Gasteiger partial charge in [0, 0.05) is 5.02 Å². The van der Waals surface area contributed by atoms with Crippen LogP contribution in [-0.4, -0.2) is 26.5 Å². The lowest BCUT2D eigenvalue weighted by atomic mass is 10.1. The molecule has 1 N–H and O–H groups in total. The van der Waals surface area contributed by atoms with Crippen LogP contribution in [0.1, 0.15) is 23.4 Å². The van der Waals surface area contributed by atoms with Crippen molar-refractivity contribution in [3.63, 3.8) is 0 Å². The Balaban J connectivity index is 1.52. The van der Waals surface area contributed by atoms with Gasteiger partial charge in [0.05, 0.1) is 10.8 Å². The molecule has 1 fully saturated rings. The van der Waals surface area contributed by atoms with Crippen LogP contribution in [0.15, 0.2) is 42.5 Å². The van der Waals surface area contributed by atoms with Gasteiger partial charge in [-0.3, -0.25) is 9.89 Å². The molecule has 1 spiro atoms. The number of nitrogens with zero attached hydrogens (tertiary/aromatic N) is 3. The van der Waals surface area contributed by atoms with Crippen molar-refractivity contribution in [2.24, 2.45) is 0 Å². The Labute approximate surface area is 192 Å². The summed E-state index contributed by atoms with van der Waals surface area (Å²) in [7, 11) is 0. The van der Waals surface area contributed by atoms with Gasteiger partial charge in [0.25, 0.3) is 5.91 Å². The van der Waals surface area contributed by atoms with E-state index in [-0.39, 0.29) is 12.5 Å². The Morgan fingerprint density at radius 3 is 2.93 bits per heavy atom. The van der Waals surface area contributed by atoms with Gasteiger partial charge in [0.1, 0.15) is 17.2 Å². The van der Waals surface area contributed by atoms with Crippen molar-refractivity contribution in [1.29, 1.82) is 0 Å². The molecule has 0 bridgehead atoms. The molecule has 1 amide bonds. The summed E-state index contributed by atoms with van der Waals surface area (Å²) in [6.45, 7) is 0.0840. The van der Waals surface area contributed by atoms with Gasteiger partial charge in [-0.1, -0.05) is 47.5 Å². The first kappa shape index (κ1) is 19.9. The van der Waals surface area contributed by atoms with Crippen LogP contribution in [0.3, 0.4) is 0 Å². The molecule has 1 saturated heterocycles. The van der Waals surface area contributed by atoms with Gasteiger partial charge in [-0.25, -0.2) is 9.69 Å². The van der Waals surface area contributed by atoms with E-state index in [4.69, 9.17) is 40.2 Å². The fraction of sp³-hybridized carbons (Fsp3) is 0.250. The maximum atomic E-state index is 13.0. The number of carbonyl (C=O) groups excluding carboxylic acids is 1. The summed E-state index contributed by atoms with van der Waals surface area (Å²) in [6, 6.07) is 13.3. The lowest BCUT2D eigenvalue weighted by Crippen LogP contribution is -2.49. The van der Waals surface area contributed by atoms with Crippen LogP contribution >= 0.6 is 47.2 Å². The third-order valence-electron chi connectivity index (χ3n) is 5.35. The molecular weight excluding hydrogens is 463 g/mol. The standard InChI is InChI=1S/C20H16Cl2N4O2S2/c21-13-5-6-16(15(22)9-13)28-10-17-23-24-19(29)25(17)26-18(27)11-30-20(26)8-7-12-3-1-2-4-14(12)20/h1-6,9H,7-8,10-11H2,(H,24,29). The zero-order chi connectivity index (χ0) is 20.9. The van der Waals surface area contributed by atoms with Gasteiger partial charge in [-0.2, -0.15) is 5.10 Å². The van der Waals surface area contributed by atoms with Crippen LogP contribution in [0.25, 0.3) is 0 Å². The smallest absolute Gasteiger partial charge is 0.253 e. The number of halogens is 2. The predicted molar refractivity (Wildman–Crippen MR) is 120 cm³/mol. The Kier molecular flexibility index (Phi) is 5.05. The van der Waals surface area contributed by atoms with E-state index in [9.17, 15) is 4.79 Å². The summed E-state index contributed by atoms with van der Waals surface area (Å²) in [5.74, 6) is 1.33. The number of H-pyrrole nitrogens is 1. The molecule has 0 saturated carbocycles. The average Bonchev–Trinajstić information content (AvgIpc) is 3.38. The second-order valence-corrected chi connectivity index (χ2v) is 9.54. The molecule has 6 nitrogen and oxygen atoms in total. The van der Waals surface area contributed by atoms with Crippen LogP contribution in [0.2, 0.25) is 10.0 Å². The average molecular weight is 479 g/mol. The third kappa shape index (κ3) is 3.13. The van der Waals surface area contributed by atoms with E-state index in [0.29, 0.717) is 32.1 Å². The van der Waals surface area contributed by atoms with Crippen LogP contribution in [0.5, 0.6) is 5.75 Å². The zero-order valence-corrected chi connectivity index (χ0v) is 18.7. The number of benzene rings is 2. The molecule has 154 valence electrons. The molecule has 1 aliphatic heterocycles. The van der Waals surface area contributed by atoms with E-state index in [1.165, 1.54) is 5.56 Å². The fourth-order valence-electron chi connectivity index (χ4n) is 4.06. The number of aryl methyl sites for hydroxylation is 1. The van der Waals surface area contributed by atoms with Gasteiger partial charge in [-0.05, 0) is 54.4 Å². The Morgan fingerprint density at radius 1 is 1.27 bits per heavy atom. The molecule has 2 aromatic carbocycles. The topological polar surface area (TPSA) is 63.1 Å². The van der Waals surface area contributed by atoms with E-state index < -0.39 is 4.87 Å². The van der Waals surface area contributed by atoms with E-state index in [1.807, 2.05) is 12.1 Å². The SMILES string of the molecule is O=C1CSC2(CCc3ccccc32)N1n1c(COc2ccc(Cl)cc2Cl)n[nH]c1=S. The largest absolute Gasteiger partial charge is 0.484 e. The quantitative estimate of drug-likeness (QED) is 0.543. The van der Waals surface area contributed by atoms with Gasteiger partial charge in [0.2, 0.25) is 4.77 Å². The molecule has 3 aromatic rings. The van der Waals surface area contributed by atoms with Crippen molar-refractivity contribution in [1.82, 2.24) is 14.9 Å². The van der Waals surface area contributed by atoms with Crippen molar-refractivity contribution in [2.75, 3.05) is 10.8 Å².